The Hall–Kier alpha value is -3.69. The van der Waals surface area contributed by atoms with Crippen LogP contribution in [0, 0.1) is 0 Å². The molecule has 3 aromatic carbocycles. The molecule has 0 atom stereocenters. The number of nitrogens with zero attached hydrogens (tertiary/aromatic N) is 2. The van der Waals surface area contributed by atoms with Gasteiger partial charge in [0.15, 0.2) is 0 Å². The summed E-state index contributed by atoms with van der Waals surface area (Å²) in [6, 6.07) is 23.5. The predicted molar refractivity (Wildman–Crippen MR) is 136 cm³/mol. The molecule has 0 unspecified atom stereocenters. The molecule has 3 heterocycles. The number of aromatic nitrogens is 2. The summed E-state index contributed by atoms with van der Waals surface area (Å²) in [5.41, 5.74) is 5.81. The maximum Gasteiger partial charge on any atom is 0.0809 e. The van der Waals surface area contributed by atoms with Crippen LogP contribution in [0.15, 0.2) is 85.6 Å². The van der Waals surface area contributed by atoms with E-state index in [0.29, 0.717) is 0 Å². The molecule has 0 fully saturated rings. The van der Waals surface area contributed by atoms with E-state index < -0.39 is 0 Å². The molecule has 0 aliphatic rings. The molecular formula is C28H20N2S. The molecule has 148 valence electrons. The van der Waals surface area contributed by atoms with Gasteiger partial charge in [-0.1, -0.05) is 61.2 Å². The van der Waals surface area contributed by atoms with Crippen molar-refractivity contribution in [2.45, 2.75) is 6.92 Å². The summed E-state index contributed by atoms with van der Waals surface area (Å²) in [6.07, 6.45) is 8.17. The minimum atomic E-state index is 1.05. The summed E-state index contributed by atoms with van der Waals surface area (Å²) < 4.78 is 3.67. The highest BCUT2D eigenvalue weighted by Gasteiger charge is 2.22. The largest absolute Gasteiger partial charge is 0.308 e. The highest BCUT2D eigenvalue weighted by molar-refractivity contribution is 7.21. The third kappa shape index (κ3) is 2.47. The molecule has 0 N–H and O–H groups in total. The molecule has 3 aromatic heterocycles. The van der Waals surface area contributed by atoms with Crippen molar-refractivity contribution in [2.75, 3.05) is 0 Å². The molecule has 31 heavy (non-hydrogen) atoms. The first-order valence-electron chi connectivity index (χ1n) is 10.4. The lowest BCUT2D eigenvalue weighted by atomic mass is 10.0. The van der Waals surface area contributed by atoms with Gasteiger partial charge in [0.05, 0.1) is 21.3 Å². The van der Waals surface area contributed by atoms with Gasteiger partial charge in [-0.2, -0.15) is 0 Å². The minimum Gasteiger partial charge on any atom is -0.308 e. The average molecular weight is 417 g/mol. The van der Waals surface area contributed by atoms with Crippen molar-refractivity contribution in [3.63, 3.8) is 0 Å². The summed E-state index contributed by atoms with van der Waals surface area (Å²) in [4.78, 5) is 6.12. The van der Waals surface area contributed by atoms with Gasteiger partial charge in [0.25, 0.3) is 0 Å². The third-order valence-electron chi connectivity index (χ3n) is 5.91. The van der Waals surface area contributed by atoms with Gasteiger partial charge >= 0.3 is 0 Å². The number of thiophene rings is 1. The van der Waals surface area contributed by atoms with Crippen LogP contribution in [0.1, 0.15) is 17.4 Å². The Morgan fingerprint density at radius 1 is 0.903 bits per heavy atom. The maximum absolute atomic E-state index is 4.89. The smallest absolute Gasteiger partial charge is 0.0809 e. The molecule has 0 amide bonds. The molecule has 6 aromatic rings. The van der Waals surface area contributed by atoms with Crippen LogP contribution in [0.5, 0.6) is 0 Å². The molecule has 0 aliphatic heterocycles. The summed E-state index contributed by atoms with van der Waals surface area (Å²) in [5.74, 6) is 0. The van der Waals surface area contributed by atoms with Gasteiger partial charge in [0.2, 0.25) is 0 Å². The lowest BCUT2D eigenvalue weighted by Crippen LogP contribution is -1.93. The van der Waals surface area contributed by atoms with Crippen LogP contribution in [0.2, 0.25) is 0 Å². The van der Waals surface area contributed by atoms with E-state index in [4.69, 9.17) is 4.98 Å². The number of hydrogen-bond donors (Lipinski definition) is 0. The van der Waals surface area contributed by atoms with E-state index in [2.05, 4.69) is 90.9 Å². The maximum atomic E-state index is 4.89. The Morgan fingerprint density at radius 3 is 2.48 bits per heavy atom. The van der Waals surface area contributed by atoms with Crippen molar-refractivity contribution in [1.29, 1.82) is 0 Å². The van der Waals surface area contributed by atoms with E-state index in [1.54, 1.807) is 0 Å². The second-order valence-electron chi connectivity index (χ2n) is 7.60. The van der Waals surface area contributed by atoms with E-state index in [9.17, 15) is 0 Å². The van der Waals surface area contributed by atoms with Crippen LogP contribution in [0.4, 0.5) is 0 Å². The first-order chi connectivity index (χ1) is 15.3. The molecule has 0 spiro atoms. The van der Waals surface area contributed by atoms with Crippen molar-refractivity contribution in [2.24, 2.45) is 0 Å². The van der Waals surface area contributed by atoms with Crippen molar-refractivity contribution >= 4 is 66.3 Å². The number of pyridine rings is 1. The molecule has 3 heteroatoms. The van der Waals surface area contributed by atoms with E-state index in [-0.39, 0.29) is 0 Å². The number of hydrogen-bond acceptors (Lipinski definition) is 2. The topological polar surface area (TPSA) is 17.8 Å². The number of benzene rings is 3. The zero-order valence-electron chi connectivity index (χ0n) is 17.2. The molecular weight excluding hydrogens is 396 g/mol. The van der Waals surface area contributed by atoms with Crippen molar-refractivity contribution in [3.8, 4) is 5.69 Å². The molecule has 2 nitrogen and oxygen atoms in total. The van der Waals surface area contributed by atoms with E-state index in [0.717, 1.165) is 11.2 Å². The highest BCUT2D eigenvalue weighted by Crippen LogP contribution is 2.46. The Balaban J connectivity index is 2.00. The molecule has 0 saturated carbocycles. The summed E-state index contributed by atoms with van der Waals surface area (Å²) in [5, 5.41) is 4.87. The molecule has 0 radical (unpaired) electrons. The fraction of sp³-hybridized carbons (Fsp3) is 0.0357. The summed E-state index contributed by atoms with van der Waals surface area (Å²) in [6.45, 7) is 6.21. The normalized spacial score (nSPS) is 12.0. The van der Waals surface area contributed by atoms with Crippen LogP contribution >= 0.6 is 11.3 Å². The van der Waals surface area contributed by atoms with Gasteiger partial charge < -0.3 is 4.57 Å². The molecule has 0 saturated heterocycles. The van der Waals surface area contributed by atoms with E-state index >= 15 is 0 Å². The zero-order valence-corrected chi connectivity index (χ0v) is 18.0. The molecule has 6 rings (SSSR count). The average Bonchev–Trinajstić information content (AvgIpc) is 3.36. The Morgan fingerprint density at radius 2 is 1.68 bits per heavy atom. The first-order valence-corrected chi connectivity index (χ1v) is 11.2. The van der Waals surface area contributed by atoms with E-state index in [1.807, 2.05) is 29.7 Å². The van der Waals surface area contributed by atoms with Crippen LogP contribution in [-0.4, -0.2) is 9.55 Å². The van der Waals surface area contributed by atoms with Gasteiger partial charge in [-0.25, -0.2) is 0 Å². The fourth-order valence-electron chi connectivity index (χ4n) is 4.72. The lowest BCUT2D eigenvalue weighted by molar-refractivity contribution is 1.19. The number of allylic oxidation sites excluding steroid dienone is 1. The highest BCUT2D eigenvalue weighted by atomic mass is 32.1. The van der Waals surface area contributed by atoms with Crippen LogP contribution in [-0.2, 0) is 0 Å². The zero-order chi connectivity index (χ0) is 20.9. The second-order valence-corrected chi connectivity index (χ2v) is 8.65. The van der Waals surface area contributed by atoms with Gasteiger partial charge in [0.1, 0.15) is 0 Å². The number of rotatable bonds is 3. The van der Waals surface area contributed by atoms with Gasteiger partial charge in [-0.15, -0.1) is 11.3 Å². The van der Waals surface area contributed by atoms with Gasteiger partial charge in [-0.05, 0) is 37.3 Å². The Bertz CT molecular complexity index is 1650. The van der Waals surface area contributed by atoms with Crippen molar-refractivity contribution in [1.82, 2.24) is 9.55 Å². The van der Waals surface area contributed by atoms with Gasteiger partial charge in [0, 0.05) is 43.9 Å². The lowest BCUT2D eigenvalue weighted by Gasteiger charge is -2.09. The Labute approximate surface area is 184 Å². The third-order valence-corrected chi connectivity index (χ3v) is 7.09. The first kappa shape index (κ1) is 18.1. The van der Waals surface area contributed by atoms with Crippen LogP contribution in [0.3, 0.4) is 0 Å². The summed E-state index contributed by atoms with van der Waals surface area (Å²) in [7, 11) is 0. The standard InChI is InChI=1S/C28H20N2S/c1-3-11-23-19(4-2)24-21-15-10-17-29-26(21)25-20-14-8-9-16-22(20)30(27(25)28(24)31-23)18-12-6-5-7-13-18/h3-17H,2H2,1H3/b11-3-. The van der Waals surface area contributed by atoms with Crippen LogP contribution < -0.4 is 0 Å². The van der Waals surface area contributed by atoms with Gasteiger partial charge in [-0.3, -0.25) is 4.98 Å². The summed E-state index contributed by atoms with van der Waals surface area (Å²) >= 11 is 1.83. The van der Waals surface area contributed by atoms with E-state index in [1.165, 1.54) is 47.7 Å². The molecule has 0 aliphatic carbocycles. The number of para-hydroxylation sites is 2. The monoisotopic (exact) mass is 416 g/mol. The Kier molecular flexibility index (Phi) is 4.05. The minimum absolute atomic E-state index is 1.05. The SMILES string of the molecule is C=Cc1c(/C=C\C)sc2c1c1cccnc1c1c3ccccc3n(-c3ccccc3)c21. The quantitative estimate of drug-likeness (QED) is 0.284. The van der Waals surface area contributed by atoms with Crippen molar-refractivity contribution in [3.05, 3.63) is 96.0 Å². The van der Waals surface area contributed by atoms with Crippen molar-refractivity contribution < 1.29 is 0 Å². The second kappa shape index (κ2) is 6.93. The van der Waals surface area contributed by atoms with Crippen LogP contribution in [0.25, 0.3) is 60.6 Å². The number of fused-ring (bicyclic) bond motifs is 8. The predicted octanol–water partition coefficient (Wildman–Crippen LogP) is 8.22. The molecule has 0 bridgehead atoms. The fourth-order valence-corrected chi connectivity index (χ4v) is 6.05.